The monoisotopic (exact) mass is 340 g/mol. The zero-order valence-corrected chi connectivity index (χ0v) is 14.3. The second-order valence-corrected chi connectivity index (χ2v) is 6.68. The average Bonchev–Trinajstić information content (AvgIpc) is 2.52. The second-order valence-electron chi connectivity index (χ2n) is 6.68. The number of benzene rings is 2. The zero-order valence-electron chi connectivity index (χ0n) is 14.3. The lowest BCUT2D eigenvalue weighted by atomic mass is 9.79. The maximum Gasteiger partial charge on any atom is 0.307 e. The molecule has 0 spiro atoms. The van der Waals surface area contributed by atoms with E-state index in [2.05, 4.69) is 0 Å². The smallest absolute Gasteiger partial charge is 0.307 e. The second kappa shape index (κ2) is 7.09. The van der Waals surface area contributed by atoms with Crippen molar-refractivity contribution in [3.8, 4) is 16.9 Å². The summed E-state index contributed by atoms with van der Waals surface area (Å²) in [4.78, 5) is 10.8. The molecule has 3 rings (SSSR count). The third-order valence-electron chi connectivity index (χ3n) is 4.27. The van der Waals surface area contributed by atoms with Gasteiger partial charge in [0, 0.05) is 5.56 Å². The normalized spacial score (nSPS) is 16.5. The lowest BCUT2D eigenvalue weighted by Crippen LogP contribution is -2.23. The summed E-state index contributed by atoms with van der Waals surface area (Å²) >= 11 is 0. The van der Waals surface area contributed by atoms with Crippen molar-refractivity contribution in [1.29, 1.82) is 0 Å². The Balaban J connectivity index is 1.77. The number of hydrogen-bond donors (Lipinski definition) is 1. The molecule has 0 aromatic heterocycles. The van der Waals surface area contributed by atoms with E-state index in [1.165, 1.54) is 6.07 Å². The molecule has 4 heteroatoms. The van der Waals surface area contributed by atoms with Crippen molar-refractivity contribution in [2.45, 2.75) is 32.8 Å². The van der Waals surface area contributed by atoms with E-state index in [4.69, 9.17) is 9.84 Å². The molecule has 1 aliphatic rings. The van der Waals surface area contributed by atoms with E-state index in [-0.39, 0.29) is 17.8 Å². The quantitative estimate of drug-likeness (QED) is 0.818. The largest absolute Gasteiger partial charge is 0.491 e. The Kier molecular flexibility index (Phi) is 4.88. The van der Waals surface area contributed by atoms with E-state index in [0.717, 1.165) is 16.7 Å². The molecule has 0 saturated heterocycles. The van der Waals surface area contributed by atoms with Crippen molar-refractivity contribution in [1.82, 2.24) is 0 Å². The molecule has 1 N–H and O–H groups in total. The Morgan fingerprint density at radius 2 is 1.88 bits per heavy atom. The molecule has 2 aromatic rings. The first kappa shape index (κ1) is 17.2. The SMILES string of the molecule is CC(C)Oc1ccc(F)c(-c2ccc(C=C3CC(C(=O)O)C3)cc2)c1. The van der Waals surface area contributed by atoms with Crippen LogP contribution in [0.5, 0.6) is 5.75 Å². The maximum atomic E-state index is 14.2. The zero-order chi connectivity index (χ0) is 18.0. The molecule has 0 heterocycles. The van der Waals surface area contributed by atoms with Crippen LogP contribution in [0.3, 0.4) is 0 Å². The summed E-state index contributed by atoms with van der Waals surface area (Å²) < 4.78 is 19.8. The van der Waals surface area contributed by atoms with Crippen LogP contribution in [-0.2, 0) is 4.79 Å². The molecular weight excluding hydrogens is 319 g/mol. The van der Waals surface area contributed by atoms with Crippen molar-refractivity contribution in [3.63, 3.8) is 0 Å². The van der Waals surface area contributed by atoms with Gasteiger partial charge in [0.2, 0.25) is 0 Å². The van der Waals surface area contributed by atoms with Crippen LogP contribution in [0.15, 0.2) is 48.0 Å². The highest BCUT2D eigenvalue weighted by molar-refractivity contribution is 5.74. The number of carboxylic acid groups (broad SMARTS) is 1. The Labute approximate surface area is 146 Å². The molecule has 1 aliphatic carbocycles. The van der Waals surface area contributed by atoms with E-state index in [1.807, 2.05) is 44.2 Å². The van der Waals surface area contributed by atoms with Gasteiger partial charge in [-0.25, -0.2) is 4.39 Å². The van der Waals surface area contributed by atoms with Gasteiger partial charge in [-0.15, -0.1) is 0 Å². The van der Waals surface area contributed by atoms with Gasteiger partial charge in [0.25, 0.3) is 0 Å². The number of rotatable bonds is 5. The van der Waals surface area contributed by atoms with Crippen molar-refractivity contribution in [2.24, 2.45) is 5.92 Å². The van der Waals surface area contributed by atoms with E-state index in [0.29, 0.717) is 24.2 Å². The standard InChI is InChI=1S/C21H21FO3/c1-13(2)25-18-7-8-20(22)19(12-18)16-5-3-14(4-6-16)9-15-10-17(11-15)21(23)24/h3-9,12-13,17H,10-11H2,1-2H3,(H,23,24). The number of aliphatic carboxylic acids is 1. The molecule has 0 amide bonds. The van der Waals surface area contributed by atoms with Gasteiger partial charge < -0.3 is 9.84 Å². The Morgan fingerprint density at radius 1 is 1.20 bits per heavy atom. The predicted octanol–water partition coefficient (Wildman–Crippen LogP) is 5.16. The molecule has 3 nitrogen and oxygen atoms in total. The summed E-state index contributed by atoms with van der Waals surface area (Å²) in [6.45, 7) is 3.86. The number of carboxylic acids is 1. The number of hydrogen-bond acceptors (Lipinski definition) is 2. The van der Waals surface area contributed by atoms with Gasteiger partial charge in [-0.1, -0.05) is 35.9 Å². The van der Waals surface area contributed by atoms with Crippen LogP contribution < -0.4 is 4.74 Å². The number of allylic oxidation sites excluding steroid dienone is 1. The molecule has 1 fully saturated rings. The number of carbonyl (C=O) groups is 1. The van der Waals surface area contributed by atoms with Crippen LogP contribution in [0.1, 0.15) is 32.3 Å². The Bertz CT molecular complexity index is 798. The molecular formula is C21H21FO3. The first-order valence-electron chi connectivity index (χ1n) is 8.41. The molecule has 130 valence electrons. The lowest BCUT2D eigenvalue weighted by Gasteiger charge is -2.25. The van der Waals surface area contributed by atoms with Gasteiger partial charge in [-0.2, -0.15) is 0 Å². The first-order valence-corrected chi connectivity index (χ1v) is 8.41. The van der Waals surface area contributed by atoms with Crippen LogP contribution in [0.4, 0.5) is 4.39 Å². The van der Waals surface area contributed by atoms with Crippen molar-refractivity contribution >= 4 is 12.0 Å². The summed E-state index contributed by atoms with van der Waals surface area (Å²) in [5.74, 6) is -0.618. The van der Waals surface area contributed by atoms with E-state index >= 15 is 0 Å². The van der Waals surface area contributed by atoms with Crippen molar-refractivity contribution in [3.05, 3.63) is 59.4 Å². The van der Waals surface area contributed by atoms with Crippen LogP contribution in [0.2, 0.25) is 0 Å². The number of ether oxygens (including phenoxy) is 1. The highest BCUT2D eigenvalue weighted by atomic mass is 19.1. The Morgan fingerprint density at radius 3 is 2.48 bits per heavy atom. The van der Waals surface area contributed by atoms with Crippen LogP contribution in [0, 0.1) is 11.7 Å². The molecule has 0 bridgehead atoms. The van der Waals surface area contributed by atoms with Gasteiger partial charge >= 0.3 is 5.97 Å². The number of halogens is 1. The lowest BCUT2D eigenvalue weighted by molar-refractivity contribution is -0.143. The minimum atomic E-state index is -0.730. The molecule has 0 atom stereocenters. The van der Waals surface area contributed by atoms with Crippen LogP contribution >= 0.6 is 0 Å². The molecule has 0 radical (unpaired) electrons. The minimum absolute atomic E-state index is 0.0319. The fourth-order valence-corrected chi connectivity index (χ4v) is 2.93. The fourth-order valence-electron chi connectivity index (χ4n) is 2.93. The molecule has 25 heavy (non-hydrogen) atoms. The fraction of sp³-hybridized carbons (Fsp3) is 0.286. The maximum absolute atomic E-state index is 14.2. The van der Waals surface area contributed by atoms with E-state index in [1.54, 1.807) is 12.1 Å². The van der Waals surface area contributed by atoms with E-state index < -0.39 is 5.97 Å². The van der Waals surface area contributed by atoms with E-state index in [9.17, 15) is 9.18 Å². The van der Waals surface area contributed by atoms with Gasteiger partial charge in [-0.3, -0.25) is 4.79 Å². The summed E-state index contributed by atoms with van der Waals surface area (Å²) in [5.41, 5.74) is 3.43. The third-order valence-corrected chi connectivity index (χ3v) is 4.27. The van der Waals surface area contributed by atoms with Gasteiger partial charge in [0.15, 0.2) is 0 Å². The molecule has 1 saturated carbocycles. The van der Waals surface area contributed by atoms with Gasteiger partial charge in [0.05, 0.1) is 12.0 Å². The summed E-state index contributed by atoms with van der Waals surface area (Å²) in [7, 11) is 0. The topological polar surface area (TPSA) is 46.5 Å². The van der Waals surface area contributed by atoms with Gasteiger partial charge in [0.1, 0.15) is 11.6 Å². The third kappa shape index (κ3) is 4.08. The molecule has 0 aliphatic heterocycles. The highest BCUT2D eigenvalue weighted by Crippen LogP contribution is 2.35. The van der Waals surface area contributed by atoms with Crippen molar-refractivity contribution < 1.29 is 19.0 Å². The predicted molar refractivity (Wildman–Crippen MR) is 95.9 cm³/mol. The highest BCUT2D eigenvalue weighted by Gasteiger charge is 2.29. The minimum Gasteiger partial charge on any atom is -0.491 e. The van der Waals surface area contributed by atoms with Gasteiger partial charge in [-0.05, 0) is 56.0 Å². The Hall–Kier alpha value is -2.62. The summed E-state index contributed by atoms with van der Waals surface area (Å²) in [6.07, 6.45) is 3.27. The summed E-state index contributed by atoms with van der Waals surface area (Å²) in [6, 6.07) is 12.4. The molecule has 2 aromatic carbocycles. The van der Waals surface area contributed by atoms with Crippen LogP contribution in [-0.4, -0.2) is 17.2 Å². The van der Waals surface area contributed by atoms with Crippen molar-refractivity contribution in [2.75, 3.05) is 0 Å². The first-order chi connectivity index (χ1) is 11.9. The average molecular weight is 340 g/mol. The summed E-state index contributed by atoms with van der Waals surface area (Å²) in [5, 5.41) is 8.91. The molecule has 0 unspecified atom stereocenters. The van der Waals surface area contributed by atoms with Crippen LogP contribution in [0.25, 0.3) is 17.2 Å².